The van der Waals surface area contributed by atoms with Gasteiger partial charge in [-0.3, -0.25) is 9.59 Å². The maximum absolute atomic E-state index is 11.6. The molecule has 0 fully saturated rings. The molecule has 2 aromatic carbocycles. The van der Waals surface area contributed by atoms with Crippen molar-refractivity contribution in [2.45, 2.75) is 11.8 Å². The van der Waals surface area contributed by atoms with E-state index in [1.807, 2.05) is 66.2 Å². The fraction of sp³-hybridized carbons (Fsp3) is 0.0455. The molecule has 0 aliphatic heterocycles. The number of imidazole rings is 1. The van der Waals surface area contributed by atoms with E-state index in [0.29, 0.717) is 16.1 Å². The van der Waals surface area contributed by atoms with E-state index in [9.17, 15) is 9.59 Å². The van der Waals surface area contributed by atoms with Gasteiger partial charge >= 0.3 is 11.1 Å². The van der Waals surface area contributed by atoms with Gasteiger partial charge in [-0.25, -0.2) is 4.98 Å². The van der Waals surface area contributed by atoms with Gasteiger partial charge in [0.25, 0.3) is 0 Å². The molecule has 0 amide bonds. The fourth-order valence-electron chi connectivity index (χ4n) is 3.37. The zero-order valence-corrected chi connectivity index (χ0v) is 17.8. The summed E-state index contributed by atoms with van der Waals surface area (Å²) in [7, 11) is 0. The van der Waals surface area contributed by atoms with Gasteiger partial charge in [0.2, 0.25) is 0 Å². The van der Waals surface area contributed by atoms with Gasteiger partial charge in [-0.2, -0.15) is 0 Å². The van der Waals surface area contributed by atoms with Gasteiger partial charge in [0.05, 0.1) is 16.1 Å². The number of H-pyrrole nitrogens is 2. The first-order valence-electron chi connectivity index (χ1n) is 9.40. The number of fused-ring (bicyclic) bond motifs is 2. The third-order valence-electron chi connectivity index (χ3n) is 4.97. The Morgan fingerprint density at radius 2 is 1.81 bits per heavy atom. The summed E-state index contributed by atoms with van der Waals surface area (Å²) in [4.78, 5) is 33.5. The molecule has 5 rings (SSSR count). The minimum Gasteiger partial charge on any atom is -0.326 e. The van der Waals surface area contributed by atoms with Gasteiger partial charge in [0.1, 0.15) is 5.65 Å². The zero-order valence-electron chi connectivity index (χ0n) is 16.3. The maximum atomic E-state index is 11.6. The van der Waals surface area contributed by atoms with Crippen molar-refractivity contribution in [3.8, 4) is 11.1 Å². The molecule has 3 heterocycles. The first-order chi connectivity index (χ1) is 15.0. The average molecular weight is 450 g/mol. The molecular weight excluding hydrogens is 434 g/mol. The molecule has 3 aromatic heterocycles. The Morgan fingerprint density at radius 1 is 1.03 bits per heavy atom. The molecule has 31 heavy (non-hydrogen) atoms. The fourth-order valence-corrected chi connectivity index (χ4v) is 4.41. The van der Waals surface area contributed by atoms with E-state index in [0.717, 1.165) is 32.9 Å². The molecule has 0 atom stereocenters. The number of benzene rings is 2. The smallest absolute Gasteiger partial charge is 0.314 e. The topological polar surface area (TPSA) is 95.0 Å². The van der Waals surface area contributed by atoms with Crippen LogP contribution in [-0.2, 0) is 0 Å². The third kappa shape index (κ3) is 3.71. The minimum absolute atomic E-state index is 0.572. The van der Waals surface area contributed by atoms with Crippen LogP contribution < -0.4 is 15.8 Å². The Kier molecular flexibility index (Phi) is 4.80. The van der Waals surface area contributed by atoms with E-state index in [2.05, 4.69) is 19.7 Å². The van der Waals surface area contributed by atoms with E-state index in [-0.39, 0.29) is 0 Å². The summed E-state index contributed by atoms with van der Waals surface area (Å²) in [5.41, 5.74) is 4.45. The highest BCUT2D eigenvalue weighted by Crippen LogP contribution is 2.33. The van der Waals surface area contributed by atoms with Crippen LogP contribution >= 0.6 is 23.5 Å². The molecule has 0 aliphatic rings. The highest BCUT2D eigenvalue weighted by atomic mass is 35.5. The van der Waals surface area contributed by atoms with Crippen LogP contribution in [0.4, 0.5) is 5.69 Å². The minimum atomic E-state index is -0.670. The summed E-state index contributed by atoms with van der Waals surface area (Å²) in [6, 6.07) is 13.4. The van der Waals surface area contributed by atoms with Gasteiger partial charge in [-0.05, 0) is 66.4 Å². The zero-order chi connectivity index (χ0) is 21.5. The Bertz CT molecular complexity index is 1570. The SMILES string of the molecule is Cc1cc2[nH]c(=O)c(=O)[nH]c2cc1SNc1ccc(-c2ccc3nccn3c2)c(Cl)c1. The third-order valence-corrected chi connectivity index (χ3v) is 6.28. The molecule has 0 bridgehead atoms. The Hall–Kier alpha value is -3.49. The Balaban J connectivity index is 1.40. The van der Waals surface area contributed by atoms with Crippen molar-refractivity contribution in [3.63, 3.8) is 0 Å². The Morgan fingerprint density at radius 3 is 2.58 bits per heavy atom. The highest BCUT2D eigenvalue weighted by molar-refractivity contribution is 8.00. The number of nitrogens with zero attached hydrogens (tertiary/aromatic N) is 2. The van der Waals surface area contributed by atoms with Crippen LogP contribution in [0.25, 0.3) is 27.8 Å². The van der Waals surface area contributed by atoms with Gasteiger partial charge in [0, 0.05) is 34.7 Å². The van der Waals surface area contributed by atoms with Crippen LogP contribution in [0.1, 0.15) is 5.56 Å². The second-order valence-electron chi connectivity index (χ2n) is 7.08. The number of aromatic nitrogens is 4. The molecule has 154 valence electrons. The van der Waals surface area contributed by atoms with E-state index in [1.54, 1.807) is 6.20 Å². The predicted molar refractivity (Wildman–Crippen MR) is 125 cm³/mol. The van der Waals surface area contributed by atoms with Crippen molar-refractivity contribution in [2.24, 2.45) is 0 Å². The summed E-state index contributed by atoms with van der Waals surface area (Å²) in [6.45, 7) is 1.94. The van der Waals surface area contributed by atoms with Crippen LogP contribution in [0.2, 0.25) is 5.02 Å². The lowest BCUT2D eigenvalue weighted by molar-refractivity contribution is 1.13. The highest BCUT2D eigenvalue weighted by Gasteiger charge is 2.09. The quantitative estimate of drug-likeness (QED) is 0.275. The molecule has 0 spiro atoms. The van der Waals surface area contributed by atoms with Crippen LogP contribution in [-0.4, -0.2) is 19.4 Å². The lowest BCUT2D eigenvalue weighted by Crippen LogP contribution is -2.28. The van der Waals surface area contributed by atoms with Gasteiger partial charge < -0.3 is 19.1 Å². The standard InChI is InChI=1S/C22H16ClN5O2S/c1-12-8-17-18(26-22(30)21(29)25-17)10-19(12)31-27-14-3-4-15(16(23)9-14)13-2-5-20-24-6-7-28(20)11-13/h2-11,27H,1H3,(H,25,29)(H,26,30). The summed E-state index contributed by atoms with van der Waals surface area (Å²) in [6.07, 6.45) is 5.65. The van der Waals surface area contributed by atoms with Gasteiger partial charge in [0.15, 0.2) is 0 Å². The van der Waals surface area contributed by atoms with E-state index in [4.69, 9.17) is 11.6 Å². The average Bonchev–Trinajstić information content (AvgIpc) is 3.21. The second-order valence-corrected chi connectivity index (χ2v) is 8.34. The maximum Gasteiger partial charge on any atom is 0.314 e. The molecule has 9 heteroatoms. The second kappa shape index (κ2) is 7.64. The number of hydrogen-bond acceptors (Lipinski definition) is 5. The number of rotatable bonds is 4. The lowest BCUT2D eigenvalue weighted by atomic mass is 10.1. The van der Waals surface area contributed by atoms with Gasteiger partial charge in [-0.15, -0.1) is 0 Å². The largest absolute Gasteiger partial charge is 0.326 e. The van der Waals surface area contributed by atoms with E-state index < -0.39 is 11.1 Å². The summed E-state index contributed by atoms with van der Waals surface area (Å²) >= 11 is 7.97. The summed E-state index contributed by atoms with van der Waals surface area (Å²) in [5, 5.41) is 0.627. The van der Waals surface area contributed by atoms with Crippen molar-refractivity contribution in [1.29, 1.82) is 0 Å². The number of anilines is 1. The summed E-state index contributed by atoms with van der Waals surface area (Å²) < 4.78 is 5.24. The molecule has 0 aliphatic carbocycles. The van der Waals surface area contributed by atoms with Crippen LogP contribution in [0, 0.1) is 6.92 Å². The lowest BCUT2D eigenvalue weighted by Gasteiger charge is -2.11. The van der Waals surface area contributed by atoms with Gasteiger partial charge in [-0.1, -0.05) is 17.7 Å². The van der Waals surface area contributed by atoms with Crippen molar-refractivity contribution >= 4 is 45.9 Å². The number of nitrogens with one attached hydrogen (secondary N) is 3. The van der Waals surface area contributed by atoms with E-state index >= 15 is 0 Å². The monoisotopic (exact) mass is 449 g/mol. The normalized spacial score (nSPS) is 11.3. The summed E-state index contributed by atoms with van der Waals surface area (Å²) in [5.74, 6) is 0. The van der Waals surface area contributed by atoms with Crippen LogP contribution in [0.3, 0.4) is 0 Å². The number of aromatic amines is 2. The van der Waals surface area contributed by atoms with Crippen molar-refractivity contribution < 1.29 is 0 Å². The number of hydrogen-bond donors (Lipinski definition) is 3. The molecule has 7 nitrogen and oxygen atoms in total. The van der Waals surface area contributed by atoms with Crippen molar-refractivity contribution in [3.05, 3.63) is 92.3 Å². The number of pyridine rings is 1. The first-order valence-corrected chi connectivity index (χ1v) is 10.6. The van der Waals surface area contributed by atoms with Crippen molar-refractivity contribution in [2.75, 3.05) is 4.72 Å². The molecule has 3 N–H and O–H groups in total. The molecule has 0 radical (unpaired) electrons. The molecule has 0 saturated carbocycles. The predicted octanol–water partition coefficient (Wildman–Crippen LogP) is 4.61. The molecule has 0 unspecified atom stereocenters. The number of aryl methyl sites for hydroxylation is 1. The Labute approximate surface area is 185 Å². The molecular formula is C22H16ClN5O2S. The first kappa shape index (κ1) is 19.5. The molecule has 5 aromatic rings. The van der Waals surface area contributed by atoms with Crippen molar-refractivity contribution in [1.82, 2.24) is 19.4 Å². The van der Waals surface area contributed by atoms with Crippen LogP contribution in [0.15, 0.2) is 75.5 Å². The van der Waals surface area contributed by atoms with Crippen LogP contribution in [0.5, 0.6) is 0 Å². The molecule has 0 saturated heterocycles. The number of halogens is 1. The van der Waals surface area contributed by atoms with E-state index in [1.165, 1.54) is 11.9 Å².